The lowest BCUT2D eigenvalue weighted by Crippen LogP contribution is -2.46. The van der Waals surface area contributed by atoms with Gasteiger partial charge in [0.05, 0.1) is 6.10 Å². The summed E-state index contributed by atoms with van der Waals surface area (Å²) in [5.74, 6) is -0.551. The molecule has 0 aromatic carbocycles. The van der Waals surface area contributed by atoms with Gasteiger partial charge in [0.15, 0.2) is 18.5 Å². The van der Waals surface area contributed by atoms with Gasteiger partial charge in [-0.05, 0) is 12.5 Å². The molecular formula is C12H17N2O4+. The quantitative estimate of drug-likeness (QED) is 0.608. The number of hydrogen-bond acceptors (Lipinski definition) is 4. The van der Waals surface area contributed by atoms with E-state index in [1.165, 1.54) is 6.20 Å². The third kappa shape index (κ3) is 2.22. The molecule has 1 aliphatic heterocycles. The van der Waals surface area contributed by atoms with Gasteiger partial charge in [-0.25, -0.2) is 0 Å². The maximum Gasteiger partial charge on any atom is 0.291 e. The number of carbonyl (C=O) groups excluding carboxylic acids is 1. The number of primary amides is 1. The molecule has 1 saturated heterocycles. The van der Waals surface area contributed by atoms with E-state index in [-0.39, 0.29) is 0 Å². The van der Waals surface area contributed by atoms with Crippen LogP contribution in [0.25, 0.3) is 0 Å². The van der Waals surface area contributed by atoms with Crippen LogP contribution in [0.3, 0.4) is 0 Å². The van der Waals surface area contributed by atoms with E-state index in [1.807, 2.05) is 6.92 Å². The van der Waals surface area contributed by atoms with Crippen LogP contribution in [0.1, 0.15) is 29.9 Å². The predicted octanol–water partition coefficient (Wildman–Crippen LogP) is -0.898. The minimum absolute atomic E-state index is 0.322. The van der Waals surface area contributed by atoms with Crippen molar-refractivity contribution in [2.24, 2.45) is 5.73 Å². The van der Waals surface area contributed by atoms with Crippen LogP contribution in [0.2, 0.25) is 0 Å². The molecule has 18 heavy (non-hydrogen) atoms. The summed E-state index contributed by atoms with van der Waals surface area (Å²) in [6.45, 7) is 1.87. The number of nitrogens with two attached hydrogens (primary N) is 1. The van der Waals surface area contributed by atoms with Gasteiger partial charge in [-0.1, -0.05) is 6.92 Å². The first-order chi connectivity index (χ1) is 8.54. The Morgan fingerprint density at radius 3 is 2.78 bits per heavy atom. The Balaban J connectivity index is 2.27. The Bertz CT molecular complexity index is 451. The number of aliphatic hydroxyl groups is 2. The van der Waals surface area contributed by atoms with Crippen molar-refractivity contribution >= 4 is 5.91 Å². The highest BCUT2D eigenvalue weighted by atomic mass is 16.6. The number of rotatable bonds is 3. The average molecular weight is 253 g/mol. The van der Waals surface area contributed by atoms with Gasteiger partial charge in [0.25, 0.3) is 12.1 Å². The van der Waals surface area contributed by atoms with Crippen LogP contribution in [0.5, 0.6) is 0 Å². The Labute approximate surface area is 105 Å². The Hall–Kier alpha value is -1.50. The van der Waals surface area contributed by atoms with Crippen molar-refractivity contribution in [1.29, 1.82) is 0 Å². The number of pyridine rings is 1. The van der Waals surface area contributed by atoms with Crippen molar-refractivity contribution in [3.63, 3.8) is 0 Å². The molecular weight excluding hydrogens is 236 g/mol. The number of amides is 1. The molecule has 0 aliphatic carbocycles. The van der Waals surface area contributed by atoms with E-state index in [2.05, 4.69) is 0 Å². The third-order valence-electron chi connectivity index (χ3n) is 3.14. The molecule has 1 aromatic rings. The van der Waals surface area contributed by atoms with Crippen molar-refractivity contribution < 1.29 is 24.3 Å². The summed E-state index contributed by atoms with van der Waals surface area (Å²) in [5.41, 5.74) is 5.51. The zero-order valence-electron chi connectivity index (χ0n) is 10.1. The minimum atomic E-state index is -1.02. The maximum absolute atomic E-state index is 11.1. The van der Waals surface area contributed by atoms with Crippen molar-refractivity contribution in [2.45, 2.75) is 37.9 Å². The van der Waals surface area contributed by atoms with Crippen LogP contribution in [-0.2, 0) is 4.74 Å². The van der Waals surface area contributed by atoms with Crippen LogP contribution in [0.15, 0.2) is 24.5 Å². The Morgan fingerprint density at radius 2 is 2.22 bits per heavy atom. The molecule has 0 spiro atoms. The molecule has 4 N–H and O–H groups in total. The topological polar surface area (TPSA) is 96.7 Å². The molecule has 2 heterocycles. The van der Waals surface area contributed by atoms with Gasteiger partial charge in [-0.3, -0.25) is 4.79 Å². The second-order valence-electron chi connectivity index (χ2n) is 4.36. The molecule has 0 radical (unpaired) electrons. The molecule has 2 rings (SSSR count). The van der Waals surface area contributed by atoms with Crippen LogP contribution >= 0.6 is 0 Å². The second kappa shape index (κ2) is 5.01. The van der Waals surface area contributed by atoms with Gasteiger partial charge in [-0.2, -0.15) is 4.57 Å². The molecule has 1 fully saturated rings. The Kier molecular flexibility index (Phi) is 3.60. The standard InChI is InChI=1S/C12H16N2O4/c1-2-8-9(15)10(16)12(18-8)14-5-3-4-7(6-14)11(13)17/h3-6,8-10,12,15-16H,2H2,1H3,(H-,13,17)/p+1/t8-,9-,10-,12?/m1/s1. The summed E-state index contributed by atoms with van der Waals surface area (Å²) < 4.78 is 7.11. The van der Waals surface area contributed by atoms with Crippen LogP contribution in [-0.4, -0.2) is 34.4 Å². The highest BCUT2D eigenvalue weighted by molar-refractivity contribution is 5.92. The number of hydrogen-bond donors (Lipinski definition) is 3. The van der Waals surface area contributed by atoms with E-state index in [0.29, 0.717) is 12.0 Å². The van der Waals surface area contributed by atoms with Gasteiger partial charge < -0.3 is 20.7 Å². The maximum atomic E-state index is 11.1. The van der Waals surface area contributed by atoms with Gasteiger partial charge in [0, 0.05) is 6.07 Å². The monoisotopic (exact) mass is 253 g/mol. The van der Waals surface area contributed by atoms with Gasteiger partial charge in [-0.15, -0.1) is 0 Å². The fourth-order valence-corrected chi connectivity index (χ4v) is 2.11. The summed E-state index contributed by atoms with van der Waals surface area (Å²) >= 11 is 0. The van der Waals surface area contributed by atoms with Crippen molar-refractivity contribution in [3.8, 4) is 0 Å². The van der Waals surface area contributed by atoms with E-state index < -0.39 is 30.4 Å². The van der Waals surface area contributed by atoms with Crippen LogP contribution in [0, 0.1) is 0 Å². The van der Waals surface area contributed by atoms with E-state index in [9.17, 15) is 15.0 Å². The highest BCUT2D eigenvalue weighted by Crippen LogP contribution is 2.27. The van der Waals surface area contributed by atoms with E-state index >= 15 is 0 Å². The van der Waals surface area contributed by atoms with Crippen molar-refractivity contribution in [2.75, 3.05) is 0 Å². The van der Waals surface area contributed by atoms with Gasteiger partial charge >= 0.3 is 0 Å². The normalized spacial score (nSPS) is 31.5. The fraction of sp³-hybridized carbons (Fsp3) is 0.500. The molecule has 1 aliphatic rings. The fourth-order valence-electron chi connectivity index (χ4n) is 2.11. The predicted molar refractivity (Wildman–Crippen MR) is 61.4 cm³/mol. The largest absolute Gasteiger partial charge is 0.387 e. The number of nitrogens with zero attached hydrogens (tertiary/aromatic N) is 1. The van der Waals surface area contributed by atoms with Gasteiger partial charge in [0.1, 0.15) is 11.7 Å². The zero-order chi connectivity index (χ0) is 13.3. The lowest BCUT2D eigenvalue weighted by molar-refractivity contribution is -0.765. The smallest absolute Gasteiger partial charge is 0.291 e. The van der Waals surface area contributed by atoms with Crippen molar-refractivity contribution in [1.82, 2.24) is 0 Å². The molecule has 1 unspecified atom stereocenters. The third-order valence-corrected chi connectivity index (χ3v) is 3.14. The van der Waals surface area contributed by atoms with Crippen molar-refractivity contribution in [3.05, 3.63) is 30.1 Å². The SMILES string of the molecule is CC[C@H]1OC([n+]2cccc(C(N)=O)c2)[C@H](O)[C@@H]1O. The summed E-state index contributed by atoms with van der Waals surface area (Å²) in [7, 11) is 0. The molecule has 1 amide bonds. The first-order valence-electron chi connectivity index (χ1n) is 5.86. The summed E-state index contributed by atoms with van der Waals surface area (Å²) in [5, 5.41) is 19.7. The Morgan fingerprint density at radius 1 is 1.50 bits per heavy atom. The highest BCUT2D eigenvalue weighted by Gasteiger charge is 2.47. The molecule has 0 saturated carbocycles. The summed E-state index contributed by atoms with van der Waals surface area (Å²) in [6, 6.07) is 3.22. The number of carbonyl (C=O) groups is 1. The second-order valence-corrected chi connectivity index (χ2v) is 4.36. The molecule has 6 nitrogen and oxygen atoms in total. The van der Waals surface area contributed by atoms with E-state index in [0.717, 1.165) is 0 Å². The number of aromatic nitrogens is 1. The summed E-state index contributed by atoms with van der Waals surface area (Å²) in [4.78, 5) is 11.1. The first kappa shape index (κ1) is 12.9. The molecule has 98 valence electrons. The zero-order valence-corrected chi connectivity index (χ0v) is 10.1. The minimum Gasteiger partial charge on any atom is -0.387 e. The number of aliphatic hydroxyl groups excluding tert-OH is 2. The van der Waals surface area contributed by atoms with Gasteiger partial charge in [0.2, 0.25) is 0 Å². The summed E-state index contributed by atoms with van der Waals surface area (Å²) in [6.07, 6.45) is 0.698. The molecule has 4 atom stereocenters. The first-order valence-corrected chi connectivity index (χ1v) is 5.86. The molecule has 0 bridgehead atoms. The number of ether oxygens (including phenoxy) is 1. The van der Waals surface area contributed by atoms with E-state index in [1.54, 1.807) is 22.9 Å². The lowest BCUT2D eigenvalue weighted by Gasteiger charge is -2.10. The lowest BCUT2D eigenvalue weighted by atomic mass is 10.1. The van der Waals surface area contributed by atoms with E-state index in [4.69, 9.17) is 10.5 Å². The van der Waals surface area contributed by atoms with Crippen LogP contribution in [0.4, 0.5) is 0 Å². The average Bonchev–Trinajstić information content (AvgIpc) is 2.66. The molecule has 6 heteroatoms. The van der Waals surface area contributed by atoms with Crippen LogP contribution < -0.4 is 10.3 Å². The molecule has 1 aromatic heterocycles.